The summed E-state index contributed by atoms with van der Waals surface area (Å²) in [7, 11) is -1.16. The lowest BCUT2D eigenvalue weighted by Gasteiger charge is -2.31. The number of H-pyrrole nitrogens is 1. The van der Waals surface area contributed by atoms with Crippen LogP contribution < -0.4 is 5.32 Å². The molecule has 0 spiro atoms. The van der Waals surface area contributed by atoms with Gasteiger partial charge in [-0.25, -0.2) is 0 Å². The summed E-state index contributed by atoms with van der Waals surface area (Å²) in [5.74, 6) is 0.537. The van der Waals surface area contributed by atoms with Crippen molar-refractivity contribution in [3.05, 3.63) is 39.3 Å². The first kappa shape index (κ1) is 22.0. The van der Waals surface area contributed by atoms with Crippen LogP contribution in [0.4, 0.5) is 0 Å². The molecule has 1 unspecified atom stereocenters. The second-order valence-corrected chi connectivity index (χ2v) is 17.0. The van der Waals surface area contributed by atoms with Crippen molar-refractivity contribution in [2.45, 2.75) is 51.6 Å². The van der Waals surface area contributed by atoms with E-state index < -0.39 is 8.07 Å². The molecule has 1 aromatic heterocycles. The Kier molecular flexibility index (Phi) is 5.62. The normalized spacial score (nSPS) is 21.0. The zero-order valence-electron chi connectivity index (χ0n) is 19.3. The number of aromatic nitrogens is 2. The van der Waals surface area contributed by atoms with Crippen LogP contribution in [0.3, 0.4) is 0 Å². The van der Waals surface area contributed by atoms with Gasteiger partial charge in [0.05, 0.1) is 35.7 Å². The number of benzene rings is 1. The minimum atomic E-state index is -1.16. The largest absolute Gasteiger partial charge is 0.361 e. The van der Waals surface area contributed by atoms with Crippen molar-refractivity contribution in [2.75, 3.05) is 26.4 Å². The van der Waals surface area contributed by atoms with Crippen LogP contribution in [0.15, 0.2) is 28.0 Å². The topological polar surface area (TPSA) is 73.5 Å². The SMILES string of the molecule is Cc1cc(Br)cc2n[nH]c(C3NC4=C(CN(C(=O)C5CC5)C4)N3COCC[Si](C)(C)C)c12. The van der Waals surface area contributed by atoms with Gasteiger partial charge in [0, 0.05) is 30.5 Å². The molecule has 1 aliphatic carbocycles. The van der Waals surface area contributed by atoms with Crippen LogP contribution in [0.2, 0.25) is 25.7 Å². The number of carbonyl (C=O) groups excluding carboxylic acids is 1. The summed E-state index contributed by atoms with van der Waals surface area (Å²) in [4.78, 5) is 17.0. The second-order valence-electron chi connectivity index (χ2n) is 10.5. The molecular formula is C23H32BrN5O2Si. The van der Waals surface area contributed by atoms with Crippen molar-refractivity contribution in [1.82, 2.24) is 25.3 Å². The van der Waals surface area contributed by atoms with Crippen molar-refractivity contribution >= 4 is 40.8 Å². The summed E-state index contributed by atoms with van der Waals surface area (Å²) in [6.45, 7) is 11.8. The minimum absolute atomic E-state index is 0.0741. The Morgan fingerprint density at radius 1 is 1.28 bits per heavy atom. The molecule has 1 aromatic carbocycles. The molecule has 2 aromatic rings. The summed E-state index contributed by atoms with van der Waals surface area (Å²) in [6.07, 6.45) is 2.00. The average molecular weight is 519 g/mol. The van der Waals surface area contributed by atoms with E-state index in [1.54, 1.807) is 0 Å². The molecule has 3 heterocycles. The third-order valence-electron chi connectivity index (χ3n) is 6.59. The number of amides is 1. The zero-order chi connectivity index (χ0) is 22.6. The quantitative estimate of drug-likeness (QED) is 0.422. The molecule has 5 rings (SSSR count). The van der Waals surface area contributed by atoms with Gasteiger partial charge in [0.25, 0.3) is 0 Å². The van der Waals surface area contributed by atoms with E-state index in [4.69, 9.17) is 4.74 Å². The lowest BCUT2D eigenvalue weighted by molar-refractivity contribution is -0.131. The fraction of sp³-hybridized carbons (Fsp3) is 0.565. The molecule has 0 radical (unpaired) electrons. The minimum Gasteiger partial charge on any atom is -0.361 e. The summed E-state index contributed by atoms with van der Waals surface area (Å²) in [5, 5.41) is 12.7. The molecule has 9 heteroatoms. The van der Waals surface area contributed by atoms with Crippen molar-refractivity contribution < 1.29 is 9.53 Å². The first-order valence-electron chi connectivity index (χ1n) is 11.5. The first-order chi connectivity index (χ1) is 15.2. The molecule has 2 aliphatic heterocycles. The molecule has 32 heavy (non-hydrogen) atoms. The van der Waals surface area contributed by atoms with Crippen LogP contribution in [-0.4, -0.2) is 60.4 Å². The zero-order valence-corrected chi connectivity index (χ0v) is 21.9. The number of aryl methyl sites for hydroxylation is 1. The molecular weight excluding hydrogens is 486 g/mol. The number of carbonyl (C=O) groups is 1. The van der Waals surface area contributed by atoms with Gasteiger partial charge in [-0.15, -0.1) is 0 Å². The highest BCUT2D eigenvalue weighted by atomic mass is 79.9. The van der Waals surface area contributed by atoms with Crippen molar-refractivity contribution in [1.29, 1.82) is 0 Å². The van der Waals surface area contributed by atoms with Crippen molar-refractivity contribution in [2.24, 2.45) is 5.92 Å². The maximum Gasteiger partial charge on any atom is 0.226 e. The third kappa shape index (κ3) is 4.22. The second kappa shape index (κ2) is 8.18. The molecule has 1 saturated carbocycles. The number of halogens is 1. The molecule has 0 saturated heterocycles. The summed E-state index contributed by atoms with van der Waals surface area (Å²) >= 11 is 3.58. The number of nitrogens with zero attached hydrogens (tertiary/aromatic N) is 3. The predicted molar refractivity (Wildman–Crippen MR) is 132 cm³/mol. The molecule has 0 bridgehead atoms. The molecule has 3 aliphatic rings. The number of rotatable bonds is 7. The average Bonchev–Trinajstić information content (AvgIpc) is 3.20. The number of hydrogen-bond acceptors (Lipinski definition) is 5. The Morgan fingerprint density at radius 3 is 2.78 bits per heavy atom. The van der Waals surface area contributed by atoms with Gasteiger partial charge in [0.1, 0.15) is 12.9 Å². The van der Waals surface area contributed by atoms with Gasteiger partial charge in [-0.2, -0.15) is 5.10 Å². The van der Waals surface area contributed by atoms with Gasteiger partial charge in [-0.3, -0.25) is 9.89 Å². The van der Waals surface area contributed by atoms with E-state index in [0.717, 1.165) is 52.3 Å². The first-order valence-corrected chi connectivity index (χ1v) is 16.0. The lowest BCUT2D eigenvalue weighted by Crippen LogP contribution is -2.40. The standard InChI is InChI=1S/C23H32BrN5O2Si/c1-14-9-16(24)10-17-20(14)21(27-26-17)22-25-18-11-28(23(30)15-5-6-15)12-19(18)29(22)13-31-7-8-32(2,3)4/h9-10,15,22,25H,5-8,11-13H2,1-4H3,(H,26,27). The summed E-state index contributed by atoms with van der Waals surface area (Å²) in [5.41, 5.74) is 5.49. The maximum atomic E-state index is 12.7. The number of ether oxygens (including phenoxy) is 1. The lowest BCUT2D eigenvalue weighted by atomic mass is 10.1. The van der Waals surface area contributed by atoms with E-state index in [9.17, 15) is 4.79 Å². The van der Waals surface area contributed by atoms with Crippen LogP contribution in [0.1, 0.15) is 30.3 Å². The van der Waals surface area contributed by atoms with Crippen LogP contribution >= 0.6 is 15.9 Å². The number of hydrogen-bond donors (Lipinski definition) is 2. The van der Waals surface area contributed by atoms with E-state index in [2.05, 4.69) is 69.0 Å². The monoisotopic (exact) mass is 517 g/mol. The number of fused-ring (bicyclic) bond motifs is 1. The molecule has 2 N–H and O–H groups in total. The van der Waals surface area contributed by atoms with E-state index in [-0.39, 0.29) is 12.1 Å². The maximum absolute atomic E-state index is 12.7. The van der Waals surface area contributed by atoms with Gasteiger partial charge in [0.15, 0.2) is 0 Å². The Morgan fingerprint density at radius 2 is 2.06 bits per heavy atom. The highest BCUT2D eigenvalue weighted by Crippen LogP contribution is 2.40. The fourth-order valence-corrected chi connectivity index (χ4v) is 5.93. The summed E-state index contributed by atoms with van der Waals surface area (Å²) < 4.78 is 7.22. The van der Waals surface area contributed by atoms with Crippen molar-refractivity contribution in [3.63, 3.8) is 0 Å². The van der Waals surface area contributed by atoms with Gasteiger partial charge in [-0.05, 0) is 43.5 Å². The molecule has 1 atom stereocenters. The molecule has 1 fully saturated rings. The van der Waals surface area contributed by atoms with Gasteiger partial charge >= 0.3 is 0 Å². The van der Waals surface area contributed by atoms with Gasteiger partial charge in [-0.1, -0.05) is 35.6 Å². The predicted octanol–water partition coefficient (Wildman–Crippen LogP) is 4.31. The smallest absolute Gasteiger partial charge is 0.226 e. The van der Waals surface area contributed by atoms with Gasteiger partial charge in [0.2, 0.25) is 5.91 Å². The summed E-state index contributed by atoms with van der Waals surface area (Å²) in [6, 6.07) is 5.31. The van der Waals surface area contributed by atoms with E-state index in [0.29, 0.717) is 25.7 Å². The van der Waals surface area contributed by atoms with Crippen LogP contribution in [0, 0.1) is 12.8 Å². The number of nitrogens with one attached hydrogen (secondary N) is 2. The molecule has 1 amide bonds. The number of aromatic amines is 1. The highest BCUT2D eigenvalue weighted by molar-refractivity contribution is 9.10. The van der Waals surface area contributed by atoms with E-state index in [1.807, 2.05) is 11.0 Å². The fourth-order valence-electron chi connectivity index (χ4n) is 4.61. The molecule has 7 nitrogen and oxygen atoms in total. The van der Waals surface area contributed by atoms with Crippen LogP contribution in [-0.2, 0) is 9.53 Å². The Hall–Kier alpha value is -1.84. The highest BCUT2D eigenvalue weighted by Gasteiger charge is 2.43. The van der Waals surface area contributed by atoms with Crippen LogP contribution in [0.25, 0.3) is 10.9 Å². The van der Waals surface area contributed by atoms with E-state index >= 15 is 0 Å². The van der Waals surface area contributed by atoms with Crippen LogP contribution in [0.5, 0.6) is 0 Å². The van der Waals surface area contributed by atoms with Gasteiger partial charge < -0.3 is 19.9 Å². The Balaban J connectivity index is 1.39. The Labute approximate surface area is 198 Å². The molecule has 172 valence electrons. The van der Waals surface area contributed by atoms with E-state index in [1.165, 1.54) is 11.3 Å². The van der Waals surface area contributed by atoms with Crippen molar-refractivity contribution in [3.8, 4) is 0 Å². The Bertz CT molecular complexity index is 1090. The third-order valence-corrected chi connectivity index (χ3v) is 8.75.